The highest BCUT2D eigenvalue weighted by Crippen LogP contribution is 2.22. The first-order chi connectivity index (χ1) is 9.53. The molecule has 0 aliphatic carbocycles. The highest BCUT2D eigenvalue weighted by Gasteiger charge is 2.12. The number of nitrogen functional groups attached to an aromatic ring is 1. The van der Waals surface area contributed by atoms with Crippen molar-refractivity contribution in [2.45, 2.75) is 11.4 Å². The Balaban J connectivity index is 2.09. The van der Waals surface area contributed by atoms with Crippen LogP contribution in [-0.4, -0.2) is 31.8 Å². The van der Waals surface area contributed by atoms with E-state index in [0.717, 1.165) is 0 Å². The maximum atomic E-state index is 11.7. The van der Waals surface area contributed by atoms with Crippen LogP contribution >= 0.6 is 0 Å². The minimum Gasteiger partial charge on any atom is -0.397 e. The Labute approximate surface area is 117 Å². The van der Waals surface area contributed by atoms with Crippen LogP contribution in [0.5, 0.6) is 0 Å². The summed E-state index contributed by atoms with van der Waals surface area (Å²) in [5, 5.41) is 7.19. The molecule has 1 heterocycles. The second-order valence-electron chi connectivity index (χ2n) is 4.15. The molecule has 0 unspecified atom stereocenters. The normalized spacial score (nSPS) is 11.4. The van der Waals surface area contributed by atoms with Crippen molar-refractivity contribution in [3.8, 4) is 0 Å². The molecule has 4 N–H and O–H groups in total. The standard InChI is InChI=1S/C12H17N5O2S/c1-14-20(18,19)10-3-4-11(13)12(9-10)15-6-8-17-7-2-5-16-17/h2-5,7,9,14-15H,6,8,13H2,1H3. The van der Waals surface area contributed by atoms with Crippen molar-refractivity contribution in [3.63, 3.8) is 0 Å². The van der Waals surface area contributed by atoms with E-state index in [0.29, 0.717) is 24.5 Å². The van der Waals surface area contributed by atoms with E-state index in [1.807, 2.05) is 12.3 Å². The van der Waals surface area contributed by atoms with Gasteiger partial charge in [-0.3, -0.25) is 4.68 Å². The third-order valence-corrected chi connectivity index (χ3v) is 4.23. The zero-order valence-electron chi connectivity index (χ0n) is 11.1. The van der Waals surface area contributed by atoms with Crippen molar-refractivity contribution in [2.24, 2.45) is 0 Å². The van der Waals surface area contributed by atoms with Crippen molar-refractivity contribution in [2.75, 3.05) is 24.6 Å². The third kappa shape index (κ3) is 3.28. The number of aromatic nitrogens is 2. The number of anilines is 2. The topological polar surface area (TPSA) is 102 Å². The molecule has 0 atom stereocenters. The van der Waals surface area contributed by atoms with Gasteiger partial charge in [0.05, 0.1) is 22.8 Å². The largest absolute Gasteiger partial charge is 0.397 e. The van der Waals surface area contributed by atoms with Crippen LogP contribution in [0, 0.1) is 0 Å². The lowest BCUT2D eigenvalue weighted by Gasteiger charge is -2.11. The van der Waals surface area contributed by atoms with E-state index in [2.05, 4.69) is 15.1 Å². The fourth-order valence-corrected chi connectivity index (χ4v) is 2.47. The molecule has 1 aromatic heterocycles. The quantitative estimate of drug-likeness (QED) is 0.673. The molecule has 0 fully saturated rings. The molecular weight excluding hydrogens is 278 g/mol. The van der Waals surface area contributed by atoms with Crippen LogP contribution in [0.15, 0.2) is 41.6 Å². The van der Waals surface area contributed by atoms with Gasteiger partial charge in [-0.05, 0) is 31.3 Å². The SMILES string of the molecule is CNS(=O)(=O)c1ccc(N)c(NCCn2cccn2)c1. The molecule has 0 aliphatic rings. The zero-order valence-corrected chi connectivity index (χ0v) is 11.9. The summed E-state index contributed by atoms with van der Waals surface area (Å²) < 4.78 is 27.5. The van der Waals surface area contributed by atoms with Gasteiger partial charge in [0.2, 0.25) is 10.0 Å². The van der Waals surface area contributed by atoms with Crippen LogP contribution in [0.2, 0.25) is 0 Å². The monoisotopic (exact) mass is 295 g/mol. The Morgan fingerprint density at radius 1 is 1.40 bits per heavy atom. The molecule has 0 amide bonds. The molecule has 7 nitrogen and oxygen atoms in total. The van der Waals surface area contributed by atoms with Crippen LogP contribution < -0.4 is 15.8 Å². The van der Waals surface area contributed by atoms with E-state index in [1.54, 1.807) is 16.9 Å². The van der Waals surface area contributed by atoms with Crippen molar-refractivity contribution >= 4 is 21.4 Å². The molecule has 0 aliphatic heterocycles. The fraction of sp³-hybridized carbons (Fsp3) is 0.250. The van der Waals surface area contributed by atoms with Crippen LogP contribution in [-0.2, 0) is 16.6 Å². The maximum Gasteiger partial charge on any atom is 0.240 e. The molecule has 0 spiro atoms. The van der Waals surface area contributed by atoms with Gasteiger partial charge in [0, 0.05) is 18.9 Å². The van der Waals surface area contributed by atoms with Crippen molar-refractivity contribution in [3.05, 3.63) is 36.7 Å². The van der Waals surface area contributed by atoms with E-state index < -0.39 is 10.0 Å². The van der Waals surface area contributed by atoms with E-state index in [9.17, 15) is 8.42 Å². The van der Waals surface area contributed by atoms with Gasteiger partial charge in [0.25, 0.3) is 0 Å². The van der Waals surface area contributed by atoms with Crippen molar-refractivity contribution in [1.82, 2.24) is 14.5 Å². The van der Waals surface area contributed by atoms with E-state index >= 15 is 0 Å². The molecule has 0 saturated heterocycles. The Kier molecular flexibility index (Phi) is 4.26. The van der Waals surface area contributed by atoms with Gasteiger partial charge < -0.3 is 11.1 Å². The minimum atomic E-state index is -3.47. The summed E-state index contributed by atoms with van der Waals surface area (Å²) in [6.07, 6.45) is 3.56. The molecule has 8 heteroatoms. The first kappa shape index (κ1) is 14.4. The highest BCUT2D eigenvalue weighted by molar-refractivity contribution is 7.89. The number of sulfonamides is 1. The first-order valence-electron chi connectivity index (χ1n) is 6.07. The van der Waals surface area contributed by atoms with Crippen molar-refractivity contribution < 1.29 is 8.42 Å². The lowest BCUT2D eigenvalue weighted by atomic mass is 10.2. The molecule has 0 bridgehead atoms. The minimum absolute atomic E-state index is 0.177. The summed E-state index contributed by atoms with van der Waals surface area (Å²) in [6.45, 7) is 1.25. The number of hydrogen-bond acceptors (Lipinski definition) is 5. The smallest absolute Gasteiger partial charge is 0.240 e. The number of nitrogens with one attached hydrogen (secondary N) is 2. The van der Waals surface area contributed by atoms with E-state index in [4.69, 9.17) is 5.73 Å². The molecule has 0 radical (unpaired) electrons. The second-order valence-corrected chi connectivity index (χ2v) is 6.04. The van der Waals surface area contributed by atoms with Gasteiger partial charge >= 0.3 is 0 Å². The summed E-state index contributed by atoms with van der Waals surface area (Å²) >= 11 is 0. The van der Waals surface area contributed by atoms with Gasteiger partial charge in [-0.2, -0.15) is 5.10 Å². The summed E-state index contributed by atoms with van der Waals surface area (Å²) in [5.74, 6) is 0. The van der Waals surface area contributed by atoms with Gasteiger partial charge in [0.15, 0.2) is 0 Å². The summed E-state index contributed by atoms with van der Waals surface area (Å²) in [7, 11) is -2.10. The molecular formula is C12H17N5O2S. The lowest BCUT2D eigenvalue weighted by Crippen LogP contribution is -2.19. The first-order valence-corrected chi connectivity index (χ1v) is 7.55. The molecule has 0 saturated carbocycles. The molecule has 2 aromatic rings. The van der Waals surface area contributed by atoms with Crippen LogP contribution in [0.3, 0.4) is 0 Å². The Bertz CT molecular complexity index is 667. The Morgan fingerprint density at radius 2 is 2.20 bits per heavy atom. The van der Waals surface area contributed by atoms with E-state index in [1.165, 1.54) is 19.2 Å². The lowest BCUT2D eigenvalue weighted by molar-refractivity contribution is 0.588. The van der Waals surface area contributed by atoms with Gasteiger partial charge in [-0.1, -0.05) is 0 Å². The average Bonchev–Trinajstić information content (AvgIpc) is 2.94. The zero-order chi connectivity index (χ0) is 14.6. The highest BCUT2D eigenvalue weighted by atomic mass is 32.2. The number of nitrogens with zero attached hydrogens (tertiary/aromatic N) is 2. The predicted molar refractivity (Wildman–Crippen MR) is 77.8 cm³/mol. The third-order valence-electron chi connectivity index (χ3n) is 2.82. The van der Waals surface area contributed by atoms with Crippen LogP contribution in [0.25, 0.3) is 0 Å². The second kappa shape index (κ2) is 5.93. The van der Waals surface area contributed by atoms with Gasteiger partial charge in [0.1, 0.15) is 0 Å². The molecule has 2 rings (SSSR count). The number of nitrogens with two attached hydrogens (primary N) is 1. The maximum absolute atomic E-state index is 11.7. The summed E-state index contributed by atoms with van der Waals surface area (Å²) in [6, 6.07) is 6.40. The average molecular weight is 295 g/mol. The number of rotatable bonds is 6. The van der Waals surface area contributed by atoms with Crippen LogP contribution in [0.1, 0.15) is 0 Å². The fourth-order valence-electron chi connectivity index (χ4n) is 1.71. The predicted octanol–water partition coefficient (Wildman–Crippen LogP) is 0.485. The van der Waals surface area contributed by atoms with Gasteiger partial charge in [-0.15, -0.1) is 0 Å². The number of hydrogen-bond donors (Lipinski definition) is 3. The summed E-state index contributed by atoms with van der Waals surface area (Å²) in [5.41, 5.74) is 6.93. The van der Waals surface area contributed by atoms with Gasteiger partial charge in [-0.25, -0.2) is 13.1 Å². The molecule has 108 valence electrons. The van der Waals surface area contributed by atoms with Crippen LogP contribution in [0.4, 0.5) is 11.4 Å². The summed E-state index contributed by atoms with van der Waals surface area (Å²) in [4.78, 5) is 0.177. The molecule has 20 heavy (non-hydrogen) atoms. The van der Waals surface area contributed by atoms with E-state index in [-0.39, 0.29) is 4.90 Å². The number of benzene rings is 1. The Morgan fingerprint density at radius 3 is 2.85 bits per heavy atom. The van der Waals surface area contributed by atoms with Crippen molar-refractivity contribution in [1.29, 1.82) is 0 Å². The Hall–Kier alpha value is -2.06. The molecule has 1 aromatic carbocycles.